The Bertz CT molecular complexity index is 510. The molecule has 2 saturated heterocycles. The third-order valence-electron chi connectivity index (χ3n) is 5.59. The lowest BCUT2D eigenvalue weighted by molar-refractivity contribution is -0.187. The minimum absolute atomic E-state index is 0.0539. The number of hydrogen-bond acceptors (Lipinski definition) is 6. The predicted octanol–water partition coefficient (Wildman–Crippen LogP) is -1.23. The molecule has 6 heteroatoms. The van der Waals surface area contributed by atoms with Crippen molar-refractivity contribution in [2.24, 2.45) is 11.3 Å². The van der Waals surface area contributed by atoms with E-state index in [1.165, 1.54) is 0 Å². The summed E-state index contributed by atoms with van der Waals surface area (Å²) in [7, 11) is 0. The van der Waals surface area contributed by atoms with Gasteiger partial charge in [-0.05, 0) is 18.6 Å². The summed E-state index contributed by atoms with van der Waals surface area (Å²) in [6, 6.07) is 0. The highest BCUT2D eigenvalue weighted by Crippen LogP contribution is 2.63. The summed E-state index contributed by atoms with van der Waals surface area (Å²) in [5.74, 6) is -0.534. The van der Waals surface area contributed by atoms with Gasteiger partial charge in [0.15, 0.2) is 5.78 Å². The summed E-state index contributed by atoms with van der Waals surface area (Å²) in [5, 5.41) is 30.5. The lowest BCUT2D eigenvalue weighted by Crippen LogP contribution is -2.61. The van der Waals surface area contributed by atoms with Crippen molar-refractivity contribution in [3.05, 3.63) is 11.6 Å². The van der Waals surface area contributed by atoms with Crippen molar-refractivity contribution in [3.8, 4) is 0 Å². The van der Waals surface area contributed by atoms with Crippen LogP contribution in [-0.4, -0.2) is 64.3 Å². The average molecular weight is 282 g/mol. The number of rotatable bonds is 1. The quantitative estimate of drug-likeness (QED) is 0.521. The molecule has 110 valence electrons. The maximum absolute atomic E-state index is 12.1. The molecule has 2 aliphatic heterocycles. The standard InChI is InChI=1S/C14H18O6/c1-6-2-8-13(4-15,3-7(6)16)11-9(17)10(18)12(20-8)14(11)5-19-14/h2,8-12,15,17-18H,3-5H2,1H3/t8-,9+,10-,11+,12+,13+,14+/m0/s1. The van der Waals surface area contributed by atoms with E-state index in [1.54, 1.807) is 13.0 Å². The molecule has 0 aromatic heterocycles. The van der Waals surface area contributed by atoms with Gasteiger partial charge in [-0.3, -0.25) is 4.79 Å². The number of allylic oxidation sites excluding steroid dienone is 1. The van der Waals surface area contributed by atoms with Crippen molar-refractivity contribution >= 4 is 5.78 Å². The summed E-state index contributed by atoms with van der Waals surface area (Å²) in [6.45, 7) is 1.83. The van der Waals surface area contributed by atoms with Gasteiger partial charge in [0.05, 0.1) is 25.4 Å². The number of ketones is 1. The lowest BCUT2D eigenvalue weighted by atomic mass is 9.60. The maximum Gasteiger partial charge on any atom is 0.159 e. The molecule has 0 radical (unpaired) electrons. The number of carbonyl (C=O) groups excluding carboxylic acids is 1. The van der Waals surface area contributed by atoms with Crippen molar-refractivity contribution in [2.45, 2.75) is 43.4 Å². The molecule has 4 aliphatic rings. The van der Waals surface area contributed by atoms with E-state index in [0.717, 1.165) is 0 Å². The SMILES string of the molecule is CC1=C[C@@H]2O[C@@H]3[C@@H](O)[C@@H](O)[C@H]([C@@]2(CO)CC1=O)[C@]31CO1. The van der Waals surface area contributed by atoms with Gasteiger partial charge in [-0.2, -0.15) is 0 Å². The zero-order valence-corrected chi connectivity index (χ0v) is 11.2. The van der Waals surface area contributed by atoms with Crippen LogP contribution in [0.25, 0.3) is 0 Å². The molecule has 0 unspecified atom stereocenters. The second-order valence-electron chi connectivity index (χ2n) is 6.52. The van der Waals surface area contributed by atoms with Gasteiger partial charge < -0.3 is 24.8 Å². The van der Waals surface area contributed by atoms with E-state index in [2.05, 4.69) is 0 Å². The molecule has 2 bridgehead atoms. The number of Topliss-reactive ketones (excluding diaryl/α,β-unsaturated/α-hetero) is 1. The number of epoxide rings is 1. The Balaban J connectivity index is 1.87. The van der Waals surface area contributed by atoms with Crippen molar-refractivity contribution in [1.29, 1.82) is 0 Å². The van der Waals surface area contributed by atoms with E-state index in [0.29, 0.717) is 12.2 Å². The van der Waals surface area contributed by atoms with Crippen LogP contribution in [0.2, 0.25) is 0 Å². The fourth-order valence-electron chi connectivity index (χ4n) is 4.47. The van der Waals surface area contributed by atoms with Crippen molar-refractivity contribution in [3.63, 3.8) is 0 Å². The fraction of sp³-hybridized carbons (Fsp3) is 0.786. The maximum atomic E-state index is 12.1. The first-order chi connectivity index (χ1) is 9.46. The number of aliphatic hydroxyl groups is 3. The summed E-state index contributed by atoms with van der Waals surface area (Å²) in [5.41, 5.74) is -1.03. The highest BCUT2D eigenvalue weighted by atomic mass is 16.6. The molecule has 1 spiro atoms. The van der Waals surface area contributed by atoms with E-state index in [9.17, 15) is 20.1 Å². The number of ether oxygens (including phenoxy) is 2. The normalized spacial score (nSPS) is 56.7. The van der Waals surface area contributed by atoms with Gasteiger partial charge in [0, 0.05) is 17.8 Å². The molecule has 20 heavy (non-hydrogen) atoms. The first-order valence-electron chi connectivity index (χ1n) is 6.94. The third-order valence-corrected chi connectivity index (χ3v) is 5.59. The van der Waals surface area contributed by atoms with E-state index in [4.69, 9.17) is 9.47 Å². The average Bonchev–Trinajstić information content (AvgIpc) is 3.17. The molecule has 3 fully saturated rings. The topological polar surface area (TPSA) is 99.5 Å². The Morgan fingerprint density at radius 2 is 2.10 bits per heavy atom. The van der Waals surface area contributed by atoms with E-state index in [1.807, 2.05) is 0 Å². The van der Waals surface area contributed by atoms with Gasteiger partial charge in [0.1, 0.15) is 17.8 Å². The van der Waals surface area contributed by atoms with Crippen LogP contribution in [0.1, 0.15) is 13.3 Å². The van der Waals surface area contributed by atoms with E-state index < -0.39 is 41.3 Å². The zero-order valence-electron chi connectivity index (χ0n) is 11.2. The molecule has 1 saturated carbocycles. The van der Waals surface area contributed by atoms with Crippen LogP contribution in [-0.2, 0) is 14.3 Å². The molecule has 0 amide bonds. The Hall–Kier alpha value is -0.790. The van der Waals surface area contributed by atoms with E-state index in [-0.39, 0.29) is 18.8 Å². The van der Waals surface area contributed by atoms with Crippen LogP contribution < -0.4 is 0 Å². The Morgan fingerprint density at radius 3 is 2.70 bits per heavy atom. The summed E-state index contributed by atoms with van der Waals surface area (Å²) in [4.78, 5) is 12.1. The highest BCUT2D eigenvalue weighted by Gasteiger charge is 2.78. The second kappa shape index (κ2) is 3.69. The second-order valence-corrected chi connectivity index (χ2v) is 6.52. The molecule has 4 rings (SSSR count). The first kappa shape index (κ1) is 12.9. The van der Waals surface area contributed by atoms with Crippen LogP contribution in [0.3, 0.4) is 0 Å². The molecular formula is C14H18O6. The summed E-state index contributed by atoms with van der Waals surface area (Å²) < 4.78 is 11.4. The molecule has 6 nitrogen and oxygen atoms in total. The van der Waals surface area contributed by atoms with Gasteiger partial charge >= 0.3 is 0 Å². The van der Waals surface area contributed by atoms with Crippen LogP contribution >= 0.6 is 0 Å². The molecule has 0 aromatic carbocycles. The zero-order chi connectivity index (χ0) is 14.3. The Morgan fingerprint density at radius 1 is 1.40 bits per heavy atom. The lowest BCUT2D eigenvalue weighted by Gasteiger charge is -2.50. The van der Waals surface area contributed by atoms with Gasteiger partial charge in [0.25, 0.3) is 0 Å². The summed E-state index contributed by atoms with van der Waals surface area (Å²) >= 11 is 0. The highest BCUT2D eigenvalue weighted by molar-refractivity contribution is 5.96. The molecule has 7 atom stereocenters. The molecule has 2 heterocycles. The molecule has 2 aliphatic carbocycles. The fourth-order valence-corrected chi connectivity index (χ4v) is 4.47. The predicted molar refractivity (Wildman–Crippen MR) is 65.7 cm³/mol. The van der Waals surface area contributed by atoms with Gasteiger partial charge in [-0.1, -0.05) is 0 Å². The van der Waals surface area contributed by atoms with Crippen molar-refractivity contribution < 1.29 is 29.6 Å². The van der Waals surface area contributed by atoms with Crippen LogP contribution in [0.5, 0.6) is 0 Å². The van der Waals surface area contributed by atoms with Crippen LogP contribution in [0, 0.1) is 11.3 Å². The number of carbonyl (C=O) groups is 1. The van der Waals surface area contributed by atoms with Gasteiger partial charge in [-0.25, -0.2) is 0 Å². The molecule has 3 N–H and O–H groups in total. The minimum Gasteiger partial charge on any atom is -0.396 e. The largest absolute Gasteiger partial charge is 0.396 e. The number of fused-ring (bicyclic) bond motifs is 2. The van der Waals surface area contributed by atoms with Crippen LogP contribution in [0.4, 0.5) is 0 Å². The number of aliphatic hydroxyl groups excluding tert-OH is 3. The van der Waals surface area contributed by atoms with Crippen molar-refractivity contribution in [2.75, 3.05) is 13.2 Å². The Kier molecular flexibility index (Phi) is 2.39. The molecule has 0 aromatic rings. The first-order valence-corrected chi connectivity index (χ1v) is 6.94. The van der Waals surface area contributed by atoms with Crippen LogP contribution in [0.15, 0.2) is 11.6 Å². The minimum atomic E-state index is -1.04. The van der Waals surface area contributed by atoms with E-state index >= 15 is 0 Å². The summed E-state index contributed by atoms with van der Waals surface area (Å²) in [6.07, 6.45) is -1.32. The monoisotopic (exact) mass is 282 g/mol. The smallest absolute Gasteiger partial charge is 0.159 e. The number of hydrogen-bond donors (Lipinski definition) is 3. The molecular weight excluding hydrogens is 264 g/mol. The third kappa shape index (κ3) is 1.25. The Labute approximate surface area is 116 Å². The van der Waals surface area contributed by atoms with Crippen molar-refractivity contribution in [1.82, 2.24) is 0 Å². The van der Waals surface area contributed by atoms with Gasteiger partial charge in [-0.15, -0.1) is 0 Å². The van der Waals surface area contributed by atoms with Gasteiger partial charge in [0.2, 0.25) is 0 Å².